The molecule has 2 unspecified atom stereocenters. The van der Waals surface area contributed by atoms with E-state index in [-0.39, 0.29) is 13.1 Å². The first-order valence-electron chi connectivity index (χ1n) is 3.96. The molecule has 2 N–H and O–H groups in total. The highest BCUT2D eigenvalue weighted by Crippen LogP contribution is 1.99. The Balaban J connectivity index is 3.91. The molecule has 14 heavy (non-hydrogen) atoms. The largest absolute Gasteiger partial charge is 0.388 e. The lowest BCUT2D eigenvalue weighted by molar-refractivity contribution is -0.0126. The molecule has 0 aliphatic rings. The van der Waals surface area contributed by atoms with Crippen LogP contribution in [-0.2, 0) is 0 Å². The Morgan fingerprint density at radius 2 is 1.29 bits per heavy atom. The molecule has 2 atom stereocenters. The maximum atomic E-state index is 9.95. The number of nitrogens with zero attached hydrogens (tertiary/aromatic N) is 4. The van der Waals surface area contributed by atoms with Crippen LogP contribution < -0.4 is 0 Å². The van der Waals surface area contributed by atoms with E-state index in [1.54, 1.807) is 0 Å². The molecule has 0 aliphatic carbocycles. The minimum atomic E-state index is -1.15. The SMILES string of the molecule is CN(CC(O)C(O)CN(C)N=O)N=O. The predicted octanol–water partition coefficient (Wildman–Crippen LogP) is -1.07. The fourth-order valence-corrected chi connectivity index (χ4v) is 0.851. The Labute approximate surface area is 81.0 Å². The summed E-state index contributed by atoms with van der Waals surface area (Å²) in [6.45, 7) is -0.200. The van der Waals surface area contributed by atoms with Crippen LogP contribution >= 0.6 is 0 Å². The summed E-state index contributed by atoms with van der Waals surface area (Å²) in [5, 5.41) is 25.5. The smallest absolute Gasteiger partial charge is 0.101 e. The molecule has 0 amide bonds. The molecule has 8 nitrogen and oxygen atoms in total. The van der Waals surface area contributed by atoms with Crippen LogP contribution in [0, 0.1) is 9.81 Å². The van der Waals surface area contributed by atoms with Crippen molar-refractivity contribution in [2.75, 3.05) is 27.2 Å². The minimum Gasteiger partial charge on any atom is -0.388 e. The normalized spacial score (nSPS) is 14.3. The summed E-state index contributed by atoms with van der Waals surface area (Å²) in [6, 6.07) is 0. The topological polar surface area (TPSA) is 106 Å². The summed E-state index contributed by atoms with van der Waals surface area (Å²) < 4.78 is 0. The van der Waals surface area contributed by atoms with Crippen molar-refractivity contribution in [3.63, 3.8) is 0 Å². The zero-order valence-corrected chi connectivity index (χ0v) is 8.07. The number of hydrogen-bond acceptors (Lipinski definition) is 6. The van der Waals surface area contributed by atoms with Gasteiger partial charge in [0.05, 0.1) is 23.7 Å². The molecule has 0 saturated heterocycles. The van der Waals surface area contributed by atoms with Gasteiger partial charge in [0.25, 0.3) is 0 Å². The molecular weight excluding hydrogens is 192 g/mol. The quantitative estimate of drug-likeness (QED) is 0.406. The first-order chi connectivity index (χ1) is 6.51. The number of aliphatic hydroxyl groups is 2. The van der Waals surface area contributed by atoms with Gasteiger partial charge >= 0.3 is 0 Å². The van der Waals surface area contributed by atoms with E-state index in [1.807, 2.05) is 0 Å². The molecule has 0 spiro atoms. The first-order valence-corrected chi connectivity index (χ1v) is 3.96. The predicted molar refractivity (Wildman–Crippen MR) is 48.9 cm³/mol. The average Bonchev–Trinajstić information content (AvgIpc) is 2.17. The van der Waals surface area contributed by atoms with Crippen LogP contribution in [0.15, 0.2) is 10.6 Å². The van der Waals surface area contributed by atoms with Gasteiger partial charge in [0.15, 0.2) is 0 Å². The number of rotatable bonds is 7. The van der Waals surface area contributed by atoms with E-state index < -0.39 is 12.2 Å². The molecule has 8 heteroatoms. The van der Waals surface area contributed by atoms with Crippen molar-refractivity contribution in [3.05, 3.63) is 9.81 Å². The van der Waals surface area contributed by atoms with Crippen LogP contribution in [0.3, 0.4) is 0 Å². The summed E-state index contributed by atoms with van der Waals surface area (Å²) in [5.41, 5.74) is 0. The summed E-state index contributed by atoms with van der Waals surface area (Å²) in [5.74, 6) is 0. The van der Waals surface area contributed by atoms with Crippen LogP contribution in [0.4, 0.5) is 0 Å². The molecule has 0 saturated carbocycles. The molecule has 0 aromatic rings. The van der Waals surface area contributed by atoms with Crippen molar-refractivity contribution in [2.24, 2.45) is 10.6 Å². The molecule has 0 aromatic heterocycles. The third-order valence-corrected chi connectivity index (χ3v) is 1.63. The first kappa shape index (κ1) is 12.7. The lowest BCUT2D eigenvalue weighted by Gasteiger charge is -2.21. The maximum Gasteiger partial charge on any atom is 0.101 e. The summed E-state index contributed by atoms with van der Waals surface area (Å²) in [4.78, 5) is 19.9. The number of likely N-dealkylation sites (N-methyl/N-ethyl adjacent to an activating group) is 2. The molecule has 82 valence electrons. The van der Waals surface area contributed by atoms with Gasteiger partial charge in [-0.3, -0.25) is 10.0 Å². The maximum absolute atomic E-state index is 9.95. The fourth-order valence-electron chi connectivity index (χ4n) is 0.851. The van der Waals surface area contributed by atoms with Gasteiger partial charge < -0.3 is 10.2 Å². The summed E-state index contributed by atoms with van der Waals surface area (Å²) in [6.07, 6.45) is -2.30. The molecule has 0 fully saturated rings. The van der Waals surface area contributed by atoms with Crippen molar-refractivity contribution in [1.29, 1.82) is 0 Å². The van der Waals surface area contributed by atoms with Gasteiger partial charge in [-0.1, -0.05) is 0 Å². The van der Waals surface area contributed by atoms with Gasteiger partial charge in [-0.2, -0.15) is 0 Å². The zero-order valence-electron chi connectivity index (χ0n) is 8.07. The van der Waals surface area contributed by atoms with Crippen LogP contribution in [0.25, 0.3) is 0 Å². The number of nitroso groups, excluding NO2 is 2. The Morgan fingerprint density at radius 1 is 1.00 bits per heavy atom. The van der Waals surface area contributed by atoms with Gasteiger partial charge in [-0.05, 0) is 0 Å². The van der Waals surface area contributed by atoms with E-state index in [2.05, 4.69) is 10.6 Å². The van der Waals surface area contributed by atoms with Gasteiger partial charge in [0, 0.05) is 14.1 Å². The molecule has 0 aliphatic heterocycles. The summed E-state index contributed by atoms with van der Waals surface area (Å²) in [7, 11) is 2.73. The Kier molecular flexibility index (Phi) is 5.65. The summed E-state index contributed by atoms with van der Waals surface area (Å²) >= 11 is 0. The van der Waals surface area contributed by atoms with E-state index in [0.29, 0.717) is 0 Å². The standard InChI is InChI=1S/C6H14N4O4/c1-9(7-13)3-5(11)6(12)4-10(2)8-14/h5-6,11-12H,3-4H2,1-2H3. The van der Waals surface area contributed by atoms with E-state index in [0.717, 1.165) is 10.0 Å². The Hall–Kier alpha value is -1.28. The second-order valence-electron chi connectivity index (χ2n) is 2.98. The molecule has 0 bridgehead atoms. The molecule has 0 aromatic carbocycles. The van der Waals surface area contributed by atoms with Crippen LogP contribution in [-0.4, -0.2) is 59.6 Å². The van der Waals surface area contributed by atoms with Gasteiger partial charge in [-0.25, -0.2) is 0 Å². The Bertz CT molecular complexity index is 171. The van der Waals surface area contributed by atoms with E-state index in [4.69, 9.17) is 0 Å². The lowest BCUT2D eigenvalue weighted by Crippen LogP contribution is -2.40. The van der Waals surface area contributed by atoms with Gasteiger partial charge in [0.2, 0.25) is 0 Å². The Morgan fingerprint density at radius 3 is 1.50 bits per heavy atom. The highest BCUT2D eigenvalue weighted by Gasteiger charge is 2.19. The van der Waals surface area contributed by atoms with E-state index in [9.17, 15) is 20.0 Å². The van der Waals surface area contributed by atoms with Crippen molar-refractivity contribution < 1.29 is 10.2 Å². The van der Waals surface area contributed by atoms with Crippen LogP contribution in [0.2, 0.25) is 0 Å². The lowest BCUT2D eigenvalue weighted by atomic mass is 10.2. The van der Waals surface area contributed by atoms with Crippen LogP contribution in [0.1, 0.15) is 0 Å². The fraction of sp³-hybridized carbons (Fsp3) is 1.00. The van der Waals surface area contributed by atoms with Crippen LogP contribution in [0.5, 0.6) is 0 Å². The van der Waals surface area contributed by atoms with Gasteiger partial charge in [-0.15, -0.1) is 9.81 Å². The van der Waals surface area contributed by atoms with Crippen molar-refractivity contribution >= 4 is 0 Å². The zero-order chi connectivity index (χ0) is 11.1. The molecule has 0 radical (unpaired) electrons. The van der Waals surface area contributed by atoms with E-state index in [1.165, 1.54) is 14.1 Å². The van der Waals surface area contributed by atoms with Crippen molar-refractivity contribution in [2.45, 2.75) is 12.2 Å². The highest BCUT2D eigenvalue weighted by atomic mass is 16.3. The number of aliphatic hydroxyl groups excluding tert-OH is 2. The third kappa shape index (κ3) is 4.67. The molecular formula is C6H14N4O4. The molecule has 0 heterocycles. The number of hydrogen-bond donors (Lipinski definition) is 2. The minimum absolute atomic E-state index is 0.0998. The highest BCUT2D eigenvalue weighted by molar-refractivity contribution is 4.71. The second-order valence-corrected chi connectivity index (χ2v) is 2.98. The van der Waals surface area contributed by atoms with Gasteiger partial charge in [0.1, 0.15) is 12.2 Å². The second kappa shape index (κ2) is 6.22. The van der Waals surface area contributed by atoms with Crippen molar-refractivity contribution in [1.82, 2.24) is 10.0 Å². The van der Waals surface area contributed by atoms with Crippen molar-refractivity contribution in [3.8, 4) is 0 Å². The monoisotopic (exact) mass is 206 g/mol. The van der Waals surface area contributed by atoms with E-state index >= 15 is 0 Å². The average molecular weight is 206 g/mol. The third-order valence-electron chi connectivity index (χ3n) is 1.63. The molecule has 0 rings (SSSR count).